The second-order valence-corrected chi connectivity index (χ2v) is 6.71. The maximum Gasteiger partial charge on any atom is 0.264 e. The maximum atomic E-state index is 13.0. The fourth-order valence-corrected chi connectivity index (χ4v) is 2.88. The van der Waals surface area contributed by atoms with Crippen LogP contribution in [0.2, 0.25) is 0 Å². The van der Waals surface area contributed by atoms with Crippen LogP contribution >= 0.6 is 0 Å². The van der Waals surface area contributed by atoms with Crippen molar-refractivity contribution in [3.8, 4) is 23.0 Å². The summed E-state index contributed by atoms with van der Waals surface area (Å²) in [7, 11) is 0. The minimum absolute atomic E-state index is 0.00819. The van der Waals surface area contributed by atoms with Gasteiger partial charge >= 0.3 is 0 Å². The maximum absolute atomic E-state index is 13.0. The summed E-state index contributed by atoms with van der Waals surface area (Å²) in [5.74, 6) is -3.93. The van der Waals surface area contributed by atoms with E-state index in [9.17, 15) is 30.0 Å². The molecule has 0 saturated heterocycles. The zero-order valence-corrected chi connectivity index (χ0v) is 16.5. The summed E-state index contributed by atoms with van der Waals surface area (Å²) in [6, 6.07) is 7.73. The molecule has 0 radical (unpaired) electrons. The molecule has 162 valence electrons. The molecular weight excluding hydrogens is 390 g/mol. The fourth-order valence-electron chi connectivity index (χ4n) is 2.88. The van der Waals surface area contributed by atoms with Crippen molar-refractivity contribution in [2.45, 2.75) is 19.3 Å². The number of carbonyl (C=O) groups is 2. The van der Waals surface area contributed by atoms with Crippen LogP contribution in [-0.4, -0.2) is 63.3 Å². The summed E-state index contributed by atoms with van der Waals surface area (Å²) in [5.41, 5.74) is 4.94. The van der Waals surface area contributed by atoms with Crippen molar-refractivity contribution in [1.29, 1.82) is 0 Å². The highest BCUT2D eigenvalue weighted by Crippen LogP contribution is 2.32. The van der Waals surface area contributed by atoms with E-state index in [0.29, 0.717) is 19.5 Å². The molecule has 0 fully saturated rings. The number of nitrogens with one attached hydrogen (secondary N) is 1. The monoisotopic (exact) mass is 417 g/mol. The first kappa shape index (κ1) is 23.0. The van der Waals surface area contributed by atoms with Crippen molar-refractivity contribution in [3.63, 3.8) is 0 Å². The molecule has 2 aromatic rings. The van der Waals surface area contributed by atoms with E-state index in [1.807, 2.05) is 0 Å². The highest BCUT2D eigenvalue weighted by molar-refractivity contribution is 6.12. The number of phenols is 4. The number of aromatic hydroxyl groups is 4. The molecule has 0 heterocycles. The molecule has 7 N–H and O–H groups in total. The number of nitrogens with two attached hydrogens (primary N) is 1. The van der Waals surface area contributed by atoms with Gasteiger partial charge in [0.25, 0.3) is 11.8 Å². The lowest BCUT2D eigenvalue weighted by Gasteiger charge is -2.22. The van der Waals surface area contributed by atoms with Crippen molar-refractivity contribution in [2.75, 3.05) is 26.2 Å². The molecule has 0 atom stereocenters. The Morgan fingerprint density at radius 3 is 1.80 bits per heavy atom. The molecule has 30 heavy (non-hydrogen) atoms. The van der Waals surface area contributed by atoms with Crippen molar-refractivity contribution >= 4 is 11.8 Å². The Balaban J connectivity index is 2.21. The van der Waals surface area contributed by atoms with Gasteiger partial charge < -0.3 is 31.5 Å². The Labute approximate surface area is 174 Å². The number of hydrogen-bond acceptors (Lipinski definition) is 8. The van der Waals surface area contributed by atoms with Gasteiger partial charge in [0, 0.05) is 6.54 Å². The molecule has 0 bridgehead atoms. The summed E-state index contributed by atoms with van der Waals surface area (Å²) in [6.45, 7) is 1.88. The Morgan fingerprint density at radius 2 is 1.30 bits per heavy atom. The van der Waals surface area contributed by atoms with Crippen LogP contribution in [0.25, 0.3) is 0 Å². The van der Waals surface area contributed by atoms with E-state index in [-0.39, 0.29) is 17.7 Å². The molecule has 2 amide bonds. The van der Waals surface area contributed by atoms with Gasteiger partial charge in [0.2, 0.25) is 0 Å². The molecular formula is C21H27N3O6. The zero-order chi connectivity index (χ0) is 22.1. The highest BCUT2D eigenvalue weighted by atomic mass is 16.3. The SMILES string of the molecule is NCCCCNCCCN(C(=O)c1cccc(O)c1O)C(=O)c1cccc(O)c1O. The summed E-state index contributed by atoms with van der Waals surface area (Å²) >= 11 is 0. The molecule has 2 aromatic carbocycles. The van der Waals surface area contributed by atoms with Crippen LogP contribution in [0.1, 0.15) is 40.0 Å². The number of carbonyl (C=O) groups excluding carboxylic acids is 2. The molecule has 0 aliphatic heterocycles. The van der Waals surface area contributed by atoms with Gasteiger partial charge in [0.05, 0.1) is 11.1 Å². The number of amides is 2. The fraction of sp³-hybridized carbons (Fsp3) is 0.333. The van der Waals surface area contributed by atoms with Crippen LogP contribution in [0.3, 0.4) is 0 Å². The molecule has 0 unspecified atom stereocenters. The minimum Gasteiger partial charge on any atom is -0.504 e. The summed E-state index contributed by atoms with van der Waals surface area (Å²) in [4.78, 5) is 26.8. The lowest BCUT2D eigenvalue weighted by Crippen LogP contribution is -2.39. The first-order chi connectivity index (χ1) is 14.4. The van der Waals surface area contributed by atoms with E-state index in [4.69, 9.17) is 5.73 Å². The van der Waals surface area contributed by atoms with Crippen molar-refractivity contribution in [3.05, 3.63) is 47.5 Å². The van der Waals surface area contributed by atoms with Crippen LogP contribution in [-0.2, 0) is 0 Å². The third-order valence-electron chi connectivity index (χ3n) is 4.52. The second kappa shape index (κ2) is 11.0. The first-order valence-electron chi connectivity index (χ1n) is 9.67. The minimum atomic E-state index is -0.834. The average Bonchev–Trinajstić information content (AvgIpc) is 2.73. The number of hydrogen-bond donors (Lipinski definition) is 6. The molecule has 0 aliphatic carbocycles. The van der Waals surface area contributed by atoms with Crippen LogP contribution < -0.4 is 11.1 Å². The molecule has 0 aromatic heterocycles. The lowest BCUT2D eigenvalue weighted by molar-refractivity contribution is 0.0610. The molecule has 9 heteroatoms. The molecule has 0 spiro atoms. The molecule has 0 aliphatic rings. The largest absolute Gasteiger partial charge is 0.504 e. The first-order valence-corrected chi connectivity index (χ1v) is 9.67. The van der Waals surface area contributed by atoms with E-state index in [2.05, 4.69) is 5.32 Å². The van der Waals surface area contributed by atoms with E-state index >= 15 is 0 Å². The van der Waals surface area contributed by atoms with Gasteiger partial charge in [-0.15, -0.1) is 0 Å². The van der Waals surface area contributed by atoms with Gasteiger partial charge in [-0.3, -0.25) is 14.5 Å². The van der Waals surface area contributed by atoms with Gasteiger partial charge in [0.15, 0.2) is 23.0 Å². The second-order valence-electron chi connectivity index (χ2n) is 6.71. The number of imide groups is 1. The van der Waals surface area contributed by atoms with Crippen LogP contribution in [0.15, 0.2) is 36.4 Å². The van der Waals surface area contributed by atoms with Crippen molar-refractivity contribution < 1.29 is 30.0 Å². The Kier molecular flexibility index (Phi) is 8.45. The molecule has 0 saturated carbocycles. The van der Waals surface area contributed by atoms with Gasteiger partial charge in [-0.05, 0) is 63.2 Å². The topological polar surface area (TPSA) is 156 Å². The third-order valence-corrected chi connectivity index (χ3v) is 4.52. The number of phenolic OH excluding ortho intramolecular Hbond substituents is 4. The number of para-hydroxylation sites is 2. The summed E-state index contributed by atoms with van der Waals surface area (Å²) < 4.78 is 0. The Morgan fingerprint density at radius 1 is 0.800 bits per heavy atom. The Bertz CT molecular complexity index is 824. The average molecular weight is 417 g/mol. The lowest BCUT2D eigenvalue weighted by atomic mass is 10.1. The molecule has 9 nitrogen and oxygen atoms in total. The van der Waals surface area contributed by atoms with Gasteiger partial charge in [0.1, 0.15) is 0 Å². The number of nitrogens with zero attached hydrogens (tertiary/aromatic N) is 1. The number of unbranched alkanes of at least 4 members (excludes halogenated alkanes) is 1. The molecule has 2 rings (SSSR count). The van der Waals surface area contributed by atoms with Crippen LogP contribution in [0.5, 0.6) is 23.0 Å². The van der Waals surface area contributed by atoms with Crippen molar-refractivity contribution in [2.24, 2.45) is 5.73 Å². The summed E-state index contributed by atoms with van der Waals surface area (Å²) in [6.07, 6.45) is 2.22. The zero-order valence-electron chi connectivity index (χ0n) is 16.5. The van der Waals surface area contributed by atoms with Gasteiger partial charge in [-0.25, -0.2) is 0 Å². The van der Waals surface area contributed by atoms with Gasteiger partial charge in [-0.2, -0.15) is 0 Å². The number of rotatable bonds is 10. The van der Waals surface area contributed by atoms with E-state index in [0.717, 1.165) is 24.3 Å². The normalized spacial score (nSPS) is 10.7. The highest BCUT2D eigenvalue weighted by Gasteiger charge is 2.28. The predicted octanol–water partition coefficient (Wildman–Crippen LogP) is 1.51. The number of benzene rings is 2. The van der Waals surface area contributed by atoms with Crippen LogP contribution in [0, 0.1) is 0 Å². The van der Waals surface area contributed by atoms with E-state index in [1.54, 1.807) is 0 Å². The smallest absolute Gasteiger partial charge is 0.264 e. The van der Waals surface area contributed by atoms with Crippen LogP contribution in [0.4, 0.5) is 0 Å². The predicted molar refractivity (Wildman–Crippen MR) is 111 cm³/mol. The van der Waals surface area contributed by atoms with E-state index < -0.39 is 34.8 Å². The van der Waals surface area contributed by atoms with Crippen molar-refractivity contribution in [1.82, 2.24) is 10.2 Å². The standard InChI is InChI=1S/C21H27N3O6/c22-10-1-2-11-23-12-5-13-24(20(29)14-6-3-8-16(25)18(14)27)21(30)15-7-4-9-17(26)19(15)28/h3-4,6-9,23,25-28H,1-2,5,10-13,22H2. The summed E-state index contributed by atoms with van der Waals surface area (Å²) in [5, 5.41) is 42.6. The van der Waals surface area contributed by atoms with E-state index in [1.165, 1.54) is 36.4 Å². The quantitative estimate of drug-likeness (QED) is 0.193. The van der Waals surface area contributed by atoms with Gasteiger partial charge in [-0.1, -0.05) is 12.1 Å². The third kappa shape index (κ3) is 5.62. The Hall–Kier alpha value is -3.30.